The van der Waals surface area contributed by atoms with Gasteiger partial charge < -0.3 is 21.5 Å². The summed E-state index contributed by atoms with van der Waals surface area (Å²) in [6, 6.07) is 0. The Morgan fingerprint density at radius 1 is 1.33 bits per heavy atom. The van der Waals surface area contributed by atoms with Crippen molar-refractivity contribution in [3.05, 3.63) is 15.3 Å². The van der Waals surface area contributed by atoms with Gasteiger partial charge in [0.15, 0.2) is 0 Å². The first-order chi connectivity index (χ1) is 1.73. The van der Waals surface area contributed by atoms with Crippen molar-refractivity contribution in [2.75, 3.05) is 0 Å². The SMILES string of the molecule is N.O=[N+]([O-])[O-].[Ag+]. The molecule has 6 heteroatoms. The van der Waals surface area contributed by atoms with E-state index < -0.39 is 5.09 Å². The van der Waals surface area contributed by atoms with Crippen LogP contribution in [-0.4, -0.2) is 5.09 Å². The zero-order valence-corrected chi connectivity index (χ0v) is 4.16. The number of rotatable bonds is 0. The molecule has 0 amide bonds. The van der Waals surface area contributed by atoms with Gasteiger partial charge in [0, 0.05) is 0 Å². The molecule has 0 aromatic carbocycles. The van der Waals surface area contributed by atoms with Gasteiger partial charge in [-0.2, -0.15) is 0 Å². The number of hydrogen-bond acceptors (Lipinski definition) is 4. The molecule has 5 nitrogen and oxygen atoms in total. The molecule has 0 atom stereocenters. The molecule has 0 aromatic heterocycles. The van der Waals surface area contributed by atoms with E-state index >= 15 is 0 Å². The van der Waals surface area contributed by atoms with E-state index in [-0.39, 0.29) is 28.5 Å². The van der Waals surface area contributed by atoms with Crippen LogP contribution in [0.2, 0.25) is 0 Å². The van der Waals surface area contributed by atoms with Crippen LogP contribution in [0.3, 0.4) is 0 Å². The summed E-state index contributed by atoms with van der Waals surface area (Å²) in [5, 5.41) is 14.8. The predicted molar refractivity (Wildman–Crippen MR) is 15.4 cm³/mol. The van der Waals surface area contributed by atoms with Crippen molar-refractivity contribution in [1.29, 1.82) is 0 Å². The molecule has 0 aliphatic heterocycles. The van der Waals surface area contributed by atoms with Crippen LogP contribution in [0, 0.1) is 15.3 Å². The molecule has 0 saturated carbocycles. The average Bonchev–Trinajstić information content (AvgIpc) is 0.811. The number of hydrogen-bond donors (Lipinski definition) is 1. The zero-order valence-electron chi connectivity index (χ0n) is 2.68. The largest absolute Gasteiger partial charge is 1.00 e. The third-order valence-corrected chi connectivity index (χ3v) is 0. The van der Waals surface area contributed by atoms with Crippen molar-refractivity contribution in [1.82, 2.24) is 6.15 Å². The molecule has 0 aromatic rings. The minimum Gasteiger partial charge on any atom is -0.356 e. The van der Waals surface area contributed by atoms with Crippen molar-refractivity contribution in [2.24, 2.45) is 0 Å². The van der Waals surface area contributed by atoms with Crippen LogP contribution >= 0.6 is 0 Å². The summed E-state index contributed by atoms with van der Waals surface area (Å²) in [5.41, 5.74) is 0. The standard InChI is InChI=1S/Ag.NO3.H3N/c;2-1(3)4;/h;;1H3/q+1;-1;. The molecule has 42 valence electrons. The normalized spacial score (nSPS) is 4.00. The van der Waals surface area contributed by atoms with E-state index in [1.807, 2.05) is 0 Å². The van der Waals surface area contributed by atoms with Crippen molar-refractivity contribution in [3.8, 4) is 0 Å². The second-order valence-corrected chi connectivity index (χ2v) is 0.224. The Hall–Kier alpha value is -0.0997. The van der Waals surface area contributed by atoms with Crippen LogP contribution in [0.15, 0.2) is 0 Å². The Labute approximate surface area is 49.5 Å². The van der Waals surface area contributed by atoms with Crippen molar-refractivity contribution in [3.63, 3.8) is 0 Å². The molecule has 0 bridgehead atoms. The zero-order chi connectivity index (χ0) is 3.58. The molecule has 3 N–H and O–H groups in total. The minimum absolute atomic E-state index is 0. The fourth-order valence-corrected chi connectivity index (χ4v) is 0. The minimum atomic E-state index is -1.75. The van der Waals surface area contributed by atoms with Crippen molar-refractivity contribution < 1.29 is 27.5 Å². The molecule has 0 rings (SSSR count). The van der Waals surface area contributed by atoms with Crippen molar-refractivity contribution >= 4 is 0 Å². The molecule has 0 aliphatic carbocycles. The van der Waals surface area contributed by atoms with Gasteiger partial charge in [0.05, 0.1) is 5.09 Å². The molecule has 0 unspecified atom stereocenters. The van der Waals surface area contributed by atoms with Gasteiger partial charge in [-0.1, -0.05) is 0 Å². The van der Waals surface area contributed by atoms with Crippen molar-refractivity contribution in [2.45, 2.75) is 0 Å². The Kier molecular flexibility index (Phi) is 24.9. The summed E-state index contributed by atoms with van der Waals surface area (Å²) in [6.45, 7) is 0. The topological polar surface area (TPSA) is 101 Å². The maximum Gasteiger partial charge on any atom is 1.00 e. The van der Waals surface area contributed by atoms with Gasteiger partial charge in [0.1, 0.15) is 0 Å². The molecular weight excluding hydrogens is 184 g/mol. The number of nitrogens with zero attached hydrogens (tertiary/aromatic N) is 1. The van der Waals surface area contributed by atoms with Gasteiger partial charge in [-0.25, -0.2) is 0 Å². The summed E-state index contributed by atoms with van der Waals surface area (Å²) in [4.78, 5) is 8.25. The molecule has 0 aliphatic rings. The average molecular weight is 187 g/mol. The third kappa shape index (κ3) is 3300. The Morgan fingerprint density at radius 3 is 1.33 bits per heavy atom. The Balaban J connectivity index is -0.0000000450. The van der Waals surface area contributed by atoms with Gasteiger partial charge in [-0.3, -0.25) is 0 Å². The van der Waals surface area contributed by atoms with E-state index in [9.17, 15) is 0 Å². The van der Waals surface area contributed by atoms with Gasteiger partial charge in [0.2, 0.25) is 0 Å². The Bertz CT molecular complexity index is 31.8. The smallest absolute Gasteiger partial charge is 0.356 e. The molecule has 0 fully saturated rings. The molecule has 0 saturated heterocycles. The molecule has 0 heterocycles. The van der Waals surface area contributed by atoms with E-state index in [0.717, 1.165) is 0 Å². The van der Waals surface area contributed by atoms with Crippen LogP contribution in [-0.2, 0) is 22.4 Å². The molecule has 6 heavy (non-hydrogen) atoms. The van der Waals surface area contributed by atoms with Gasteiger partial charge >= 0.3 is 22.4 Å². The molecule has 0 radical (unpaired) electrons. The Morgan fingerprint density at radius 2 is 1.33 bits per heavy atom. The van der Waals surface area contributed by atoms with Gasteiger partial charge in [-0.05, 0) is 0 Å². The summed E-state index contributed by atoms with van der Waals surface area (Å²) < 4.78 is 0. The quantitative estimate of drug-likeness (QED) is 0.325. The van der Waals surface area contributed by atoms with Crippen LogP contribution < -0.4 is 6.15 Å². The third-order valence-electron chi connectivity index (χ3n) is 0. The second kappa shape index (κ2) is 8.86. The maximum absolute atomic E-state index is 8.25. The van der Waals surface area contributed by atoms with Crippen LogP contribution in [0.1, 0.15) is 0 Å². The first-order valence-corrected chi connectivity index (χ1v) is 0.548. The first-order valence-electron chi connectivity index (χ1n) is 0.548. The van der Waals surface area contributed by atoms with E-state index in [1.165, 1.54) is 0 Å². The fraction of sp³-hybridized carbons (Fsp3) is 0. The van der Waals surface area contributed by atoms with E-state index in [1.54, 1.807) is 0 Å². The fourth-order valence-electron chi connectivity index (χ4n) is 0. The van der Waals surface area contributed by atoms with Gasteiger partial charge in [0.25, 0.3) is 0 Å². The van der Waals surface area contributed by atoms with Crippen LogP contribution in [0.5, 0.6) is 0 Å². The van der Waals surface area contributed by atoms with Crippen LogP contribution in [0.4, 0.5) is 0 Å². The maximum atomic E-state index is 8.25. The monoisotopic (exact) mass is 186 g/mol. The molecular formula is H3AgN2O3. The van der Waals surface area contributed by atoms with E-state index in [0.29, 0.717) is 0 Å². The predicted octanol–water partition coefficient (Wildman–Crippen LogP) is -0.0796. The summed E-state index contributed by atoms with van der Waals surface area (Å²) in [7, 11) is 0. The first kappa shape index (κ1) is 16.8. The van der Waals surface area contributed by atoms with E-state index in [4.69, 9.17) is 15.3 Å². The summed E-state index contributed by atoms with van der Waals surface area (Å²) >= 11 is 0. The van der Waals surface area contributed by atoms with E-state index in [2.05, 4.69) is 0 Å². The summed E-state index contributed by atoms with van der Waals surface area (Å²) in [5.74, 6) is 0. The molecule has 0 spiro atoms. The van der Waals surface area contributed by atoms with Gasteiger partial charge in [-0.15, -0.1) is 0 Å². The van der Waals surface area contributed by atoms with Crippen LogP contribution in [0.25, 0.3) is 0 Å². The second-order valence-electron chi connectivity index (χ2n) is 0.224. The summed E-state index contributed by atoms with van der Waals surface area (Å²) in [6.07, 6.45) is 0.